The van der Waals surface area contributed by atoms with E-state index in [2.05, 4.69) is 19.2 Å². The van der Waals surface area contributed by atoms with E-state index in [1.54, 1.807) is 0 Å². The number of carbonyl (C=O) groups is 1. The molecule has 18 heavy (non-hydrogen) atoms. The molecule has 2 rings (SSSR count). The van der Waals surface area contributed by atoms with Crippen LogP contribution in [-0.2, 0) is 9.53 Å². The largest absolute Gasteiger partial charge is 0.378 e. The summed E-state index contributed by atoms with van der Waals surface area (Å²) in [5.41, 5.74) is 0.0685. The highest BCUT2D eigenvalue weighted by Gasteiger charge is 2.52. The molecule has 104 valence electrons. The molecule has 2 aliphatic rings. The lowest BCUT2D eigenvalue weighted by molar-refractivity contribution is -0.164. The number of ether oxygens (including phenoxy) is 1. The van der Waals surface area contributed by atoms with Crippen molar-refractivity contribution in [2.45, 2.75) is 58.2 Å². The molecular formula is C14H26N2O2. The van der Waals surface area contributed by atoms with E-state index in [0.717, 1.165) is 32.4 Å². The molecule has 0 aromatic carbocycles. The SMILES string of the molecule is CCO[C@@H]1C[C@H](N(C)C(=O)[C@H]2CCCN2)C1(C)C. The van der Waals surface area contributed by atoms with Crippen LogP contribution in [0.15, 0.2) is 0 Å². The predicted octanol–water partition coefficient (Wildman–Crippen LogP) is 1.40. The number of nitrogens with one attached hydrogen (secondary N) is 1. The second-order valence-corrected chi connectivity index (χ2v) is 6.11. The first-order valence-electron chi connectivity index (χ1n) is 7.10. The maximum atomic E-state index is 12.4. The van der Waals surface area contributed by atoms with E-state index in [1.165, 1.54) is 0 Å². The Morgan fingerprint density at radius 1 is 1.50 bits per heavy atom. The van der Waals surface area contributed by atoms with Crippen molar-refractivity contribution in [3.63, 3.8) is 0 Å². The summed E-state index contributed by atoms with van der Waals surface area (Å²) in [5, 5.41) is 3.28. The summed E-state index contributed by atoms with van der Waals surface area (Å²) in [4.78, 5) is 14.3. The van der Waals surface area contributed by atoms with E-state index in [4.69, 9.17) is 4.74 Å². The number of hydrogen-bond donors (Lipinski definition) is 1. The lowest BCUT2D eigenvalue weighted by atomic mass is 9.63. The molecule has 4 heteroatoms. The molecule has 1 saturated heterocycles. The topological polar surface area (TPSA) is 41.6 Å². The highest BCUT2D eigenvalue weighted by molar-refractivity contribution is 5.82. The van der Waals surface area contributed by atoms with Crippen molar-refractivity contribution in [2.75, 3.05) is 20.2 Å². The molecule has 0 aromatic heterocycles. The maximum Gasteiger partial charge on any atom is 0.239 e. The van der Waals surface area contributed by atoms with Crippen molar-refractivity contribution in [1.82, 2.24) is 10.2 Å². The molecule has 2 fully saturated rings. The van der Waals surface area contributed by atoms with Crippen LogP contribution in [0.5, 0.6) is 0 Å². The van der Waals surface area contributed by atoms with Gasteiger partial charge in [0.2, 0.25) is 5.91 Å². The fourth-order valence-corrected chi connectivity index (χ4v) is 3.30. The van der Waals surface area contributed by atoms with Gasteiger partial charge in [0.15, 0.2) is 0 Å². The van der Waals surface area contributed by atoms with Gasteiger partial charge in [0.25, 0.3) is 0 Å². The van der Waals surface area contributed by atoms with Crippen LogP contribution < -0.4 is 5.32 Å². The highest BCUT2D eigenvalue weighted by atomic mass is 16.5. The van der Waals surface area contributed by atoms with Crippen LogP contribution in [0.3, 0.4) is 0 Å². The van der Waals surface area contributed by atoms with E-state index in [1.807, 2.05) is 18.9 Å². The lowest BCUT2D eigenvalue weighted by Gasteiger charge is -2.55. The molecule has 0 bridgehead atoms. The Kier molecular flexibility index (Phi) is 3.97. The monoisotopic (exact) mass is 254 g/mol. The minimum Gasteiger partial charge on any atom is -0.378 e. The summed E-state index contributed by atoms with van der Waals surface area (Å²) in [6.45, 7) is 8.16. The van der Waals surface area contributed by atoms with E-state index in [0.29, 0.717) is 12.1 Å². The molecule has 1 amide bonds. The second kappa shape index (κ2) is 5.17. The molecule has 0 radical (unpaired) electrons. The molecule has 1 aliphatic carbocycles. The van der Waals surface area contributed by atoms with Crippen LogP contribution in [0.4, 0.5) is 0 Å². The van der Waals surface area contributed by atoms with Gasteiger partial charge in [-0.2, -0.15) is 0 Å². The summed E-state index contributed by atoms with van der Waals surface area (Å²) in [5.74, 6) is 0.250. The molecular weight excluding hydrogens is 228 g/mol. The van der Waals surface area contributed by atoms with Crippen molar-refractivity contribution in [2.24, 2.45) is 5.41 Å². The van der Waals surface area contributed by atoms with E-state index in [-0.39, 0.29) is 17.4 Å². The van der Waals surface area contributed by atoms with Crippen LogP contribution in [0.2, 0.25) is 0 Å². The predicted molar refractivity (Wildman–Crippen MR) is 71.4 cm³/mol. The first kappa shape index (κ1) is 13.8. The van der Waals surface area contributed by atoms with Crippen molar-refractivity contribution >= 4 is 5.91 Å². The summed E-state index contributed by atoms with van der Waals surface area (Å²) in [7, 11) is 1.94. The molecule has 3 atom stereocenters. The quantitative estimate of drug-likeness (QED) is 0.824. The Hall–Kier alpha value is -0.610. The van der Waals surface area contributed by atoms with Crippen LogP contribution in [0.1, 0.15) is 40.0 Å². The first-order valence-corrected chi connectivity index (χ1v) is 7.10. The van der Waals surface area contributed by atoms with Crippen LogP contribution in [0, 0.1) is 5.41 Å². The van der Waals surface area contributed by atoms with E-state index < -0.39 is 0 Å². The Labute approximate surface area is 110 Å². The number of rotatable bonds is 4. The molecule has 0 aromatic rings. The molecule has 1 N–H and O–H groups in total. The van der Waals surface area contributed by atoms with Gasteiger partial charge >= 0.3 is 0 Å². The van der Waals surface area contributed by atoms with Gasteiger partial charge in [-0.25, -0.2) is 0 Å². The van der Waals surface area contributed by atoms with Crippen molar-refractivity contribution in [3.8, 4) is 0 Å². The second-order valence-electron chi connectivity index (χ2n) is 6.11. The molecule has 1 heterocycles. The molecule has 1 saturated carbocycles. The zero-order chi connectivity index (χ0) is 13.3. The zero-order valence-corrected chi connectivity index (χ0v) is 12.0. The van der Waals surface area contributed by atoms with E-state index >= 15 is 0 Å². The summed E-state index contributed by atoms with van der Waals surface area (Å²) in [6, 6.07) is 0.348. The molecule has 4 nitrogen and oxygen atoms in total. The zero-order valence-electron chi connectivity index (χ0n) is 12.0. The number of hydrogen-bond acceptors (Lipinski definition) is 3. The third-order valence-corrected chi connectivity index (χ3v) is 4.67. The Balaban J connectivity index is 1.94. The van der Waals surface area contributed by atoms with E-state index in [9.17, 15) is 4.79 Å². The first-order chi connectivity index (χ1) is 8.48. The fourth-order valence-electron chi connectivity index (χ4n) is 3.30. The molecule has 0 spiro atoms. The molecule has 0 unspecified atom stereocenters. The van der Waals surface area contributed by atoms with Gasteiger partial charge in [0.05, 0.1) is 12.1 Å². The maximum absolute atomic E-state index is 12.4. The summed E-state index contributed by atoms with van der Waals surface area (Å²) < 4.78 is 5.73. The number of carbonyl (C=O) groups excluding carboxylic acids is 1. The van der Waals surface area contributed by atoms with Crippen molar-refractivity contribution in [3.05, 3.63) is 0 Å². The van der Waals surface area contributed by atoms with Gasteiger partial charge < -0.3 is 15.0 Å². The minimum atomic E-state index is 0.0388. The Bertz CT molecular complexity index is 311. The Morgan fingerprint density at radius 2 is 2.22 bits per heavy atom. The van der Waals surface area contributed by atoms with Gasteiger partial charge in [-0.1, -0.05) is 13.8 Å². The van der Waals surface area contributed by atoms with Gasteiger partial charge in [-0.05, 0) is 32.7 Å². The smallest absolute Gasteiger partial charge is 0.239 e. The van der Waals surface area contributed by atoms with Gasteiger partial charge in [0, 0.05) is 25.1 Å². The van der Waals surface area contributed by atoms with Crippen molar-refractivity contribution < 1.29 is 9.53 Å². The normalized spacial score (nSPS) is 34.1. The number of likely N-dealkylation sites (N-methyl/N-ethyl adjacent to an activating group) is 1. The third kappa shape index (κ3) is 2.28. The van der Waals surface area contributed by atoms with Gasteiger partial charge in [-0.3, -0.25) is 4.79 Å². The van der Waals surface area contributed by atoms with Crippen LogP contribution in [-0.4, -0.2) is 49.2 Å². The number of nitrogens with zero attached hydrogens (tertiary/aromatic N) is 1. The molecule has 1 aliphatic heterocycles. The van der Waals surface area contributed by atoms with Crippen LogP contribution in [0.25, 0.3) is 0 Å². The van der Waals surface area contributed by atoms with Crippen LogP contribution >= 0.6 is 0 Å². The van der Waals surface area contributed by atoms with Gasteiger partial charge in [-0.15, -0.1) is 0 Å². The van der Waals surface area contributed by atoms with Gasteiger partial charge in [0.1, 0.15) is 0 Å². The minimum absolute atomic E-state index is 0.0388. The Morgan fingerprint density at radius 3 is 2.72 bits per heavy atom. The summed E-state index contributed by atoms with van der Waals surface area (Å²) in [6.07, 6.45) is 3.35. The average molecular weight is 254 g/mol. The average Bonchev–Trinajstić information content (AvgIpc) is 2.86. The highest BCUT2D eigenvalue weighted by Crippen LogP contribution is 2.45. The third-order valence-electron chi connectivity index (χ3n) is 4.67. The lowest BCUT2D eigenvalue weighted by Crippen LogP contribution is -2.63. The fraction of sp³-hybridized carbons (Fsp3) is 0.929. The summed E-state index contributed by atoms with van der Waals surface area (Å²) >= 11 is 0. The van der Waals surface area contributed by atoms with Crippen molar-refractivity contribution in [1.29, 1.82) is 0 Å². The number of amides is 1. The standard InChI is InChI=1S/C14H26N2O2/c1-5-18-12-9-11(14(12,2)3)16(4)13(17)10-7-6-8-15-10/h10-12,15H,5-9H2,1-4H3/t10-,11+,12-/m1/s1.